The zero-order valence-corrected chi connectivity index (χ0v) is 19.3. The van der Waals surface area contributed by atoms with Crippen LogP contribution in [0.3, 0.4) is 0 Å². The SMILES string of the molecule is CCCCCn1c(=O)c2ccccc2n2c(SC(C)c3nc4ccccc4c(=O)[nH]3)nnc12. The zero-order valence-electron chi connectivity index (χ0n) is 18.5. The molecular weight excluding hydrogens is 436 g/mol. The number of benzene rings is 2. The van der Waals surface area contributed by atoms with Gasteiger partial charge < -0.3 is 4.98 Å². The summed E-state index contributed by atoms with van der Waals surface area (Å²) in [7, 11) is 0. The molecule has 3 aromatic heterocycles. The largest absolute Gasteiger partial charge is 0.309 e. The molecule has 1 N–H and O–H groups in total. The van der Waals surface area contributed by atoms with Gasteiger partial charge in [-0.25, -0.2) is 4.98 Å². The Morgan fingerprint density at radius 1 is 1.00 bits per heavy atom. The molecule has 1 unspecified atom stereocenters. The monoisotopic (exact) mass is 460 g/mol. The molecule has 0 spiro atoms. The zero-order chi connectivity index (χ0) is 22.9. The van der Waals surface area contributed by atoms with Gasteiger partial charge in [-0.2, -0.15) is 0 Å². The van der Waals surface area contributed by atoms with Gasteiger partial charge in [0.05, 0.1) is 27.1 Å². The summed E-state index contributed by atoms with van der Waals surface area (Å²) in [6, 6.07) is 14.8. The number of aryl methyl sites for hydroxylation is 1. The van der Waals surface area contributed by atoms with Crippen LogP contribution in [0.5, 0.6) is 0 Å². The van der Waals surface area contributed by atoms with Crippen LogP contribution in [0.2, 0.25) is 0 Å². The number of nitrogens with zero attached hydrogens (tertiary/aromatic N) is 5. The highest BCUT2D eigenvalue weighted by molar-refractivity contribution is 7.99. The number of hydrogen-bond acceptors (Lipinski definition) is 6. The lowest BCUT2D eigenvalue weighted by Crippen LogP contribution is -2.23. The average molecular weight is 461 g/mol. The molecule has 0 amide bonds. The van der Waals surface area contributed by atoms with Gasteiger partial charge in [0.2, 0.25) is 5.78 Å². The Labute approximate surface area is 193 Å². The van der Waals surface area contributed by atoms with Crippen LogP contribution in [-0.2, 0) is 6.54 Å². The first-order valence-electron chi connectivity index (χ1n) is 11.1. The Kier molecular flexibility index (Phi) is 5.72. The van der Waals surface area contributed by atoms with Gasteiger partial charge in [0.1, 0.15) is 5.82 Å². The number of H-pyrrole nitrogens is 1. The highest BCUT2D eigenvalue weighted by atomic mass is 32.2. The fourth-order valence-electron chi connectivity index (χ4n) is 4.04. The summed E-state index contributed by atoms with van der Waals surface area (Å²) in [6.07, 6.45) is 3.01. The molecule has 0 saturated heterocycles. The fourth-order valence-corrected chi connectivity index (χ4v) is 4.96. The fraction of sp³-hybridized carbons (Fsp3) is 0.292. The lowest BCUT2D eigenvalue weighted by atomic mass is 10.2. The number of para-hydroxylation sites is 2. The lowest BCUT2D eigenvalue weighted by molar-refractivity contribution is 0.594. The Morgan fingerprint density at radius 2 is 1.76 bits per heavy atom. The van der Waals surface area contributed by atoms with E-state index in [-0.39, 0.29) is 16.4 Å². The lowest BCUT2D eigenvalue weighted by Gasteiger charge is -2.13. The summed E-state index contributed by atoms with van der Waals surface area (Å²) in [5, 5.41) is 10.5. The van der Waals surface area contributed by atoms with Crippen LogP contribution in [0, 0.1) is 0 Å². The predicted octanol–water partition coefficient (Wildman–Crippen LogP) is 4.32. The van der Waals surface area contributed by atoms with E-state index in [0.717, 1.165) is 24.8 Å². The van der Waals surface area contributed by atoms with Crippen LogP contribution in [-0.4, -0.2) is 29.1 Å². The number of unbranched alkanes of at least 4 members (excludes halogenated alkanes) is 2. The van der Waals surface area contributed by atoms with Crippen LogP contribution in [0.15, 0.2) is 63.3 Å². The van der Waals surface area contributed by atoms with Crippen LogP contribution in [0.4, 0.5) is 0 Å². The molecule has 0 bridgehead atoms. The van der Waals surface area contributed by atoms with E-state index < -0.39 is 0 Å². The number of hydrogen-bond donors (Lipinski definition) is 1. The van der Waals surface area contributed by atoms with Crippen molar-refractivity contribution in [3.63, 3.8) is 0 Å². The van der Waals surface area contributed by atoms with Crippen LogP contribution >= 0.6 is 11.8 Å². The van der Waals surface area contributed by atoms with Crippen molar-refractivity contribution in [1.82, 2.24) is 29.1 Å². The van der Waals surface area contributed by atoms with E-state index in [9.17, 15) is 9.59 Å². The third-order valence-electron chi connectivity index (χ3n) is 5.76. The second kappa shape index (κ2) is 8.82. The molecule has 5 rings (SSSR count). The molecular formula is C24H24N6O2S. The van der Waals surface area contributed by atoms with Gasteiger partial charge in [-0.3, -0.25) is 18.6 Å². The van der Waals surface area contributed by atoms with Gasteiger partial charge in [-0.05, 0) is 37.6 Å². The molecule has 0 aliphatic carbocycles. The number of nitrogens with one attached hydrogen (secondary N) is 1. The molecule has 33 heavy (non-hydrogen) atoms. The summed E-state index contributed by atoms with van der Waals surface area (Å²) in [4.78, 5) is 33.3. The Morgan fingerprint density at radius 3 is 2.58 bits per heavy atom. The van der Waals surface area contributed by atoms with Gasteiger partial charge in [-0.15, -0.1) is 10.2 Å². The number of thioether (sulfide) groups is 1. The van der Waals surface area contributed by atoms with Gasteiger partial charge >= 0.3 is 0 Å². The highest BCUT2D eigenvalue weighted by Crippen LogP contribution is 2.33. The van der Waals surface area contributed by atoms with Crippen molar-refractivity contribution in [2.24, 2.45) is 0 Å². The first-order valence-corrected chi connectivity index (χ1v) is 12.0. The van der Waals surface area contributed by atoms with E-state index in [1.165, 1.54) is 11.8 Å². The van der Waals surface area contributed by atoms with Gasteiger partial charge in [0.25, 0.3) is 11.1 Å². The second-order valence-electron chi connectivity index (χ2n) is 8.03. The van der Waals surface area contributed by atoms with Crippen molar-refractivity contribution in [2.75, 3.05) is 0 Å². The Hall–Kier alpha value is -3.46. The maximum Gasteiger partial charge on any atom is 0.262 e. The van der Waals surface area contributed by atoms with Crippen molar-refractivity contribution < 1.29 is 0 Å². The minimum Gasteiger partial charge on any atom is -0.309 e. The van der Waals surface area contributed by atoms with E-state index in [1.54, 1.807) is 10.6 Å². The summed E-state index contributed by atoms with van der Waals surface area (Å²) in [6.45, 7) is 4.70. The minimum absolute atomic E-state index is 0.0493. The van der Waals surface area contributed by atoms with Crippen molar-refractivity contribution in [1.29, 1.82) is 0 Å². The smallest absolute Gasteiger partial charge is 0.262 e. The van der Waals surface area contributed by atoms with E-state index in [4.69, 9.17) is 0 Å². The summed E-state index contributed by atoms with van der Waals surface area (Å²) in [5.41, 5.74) is 1.21. The molecule has 9 heteroatoms. The molecule has 8 nitrogen and oxygen atoms in total. The summed E-state index contributed by atoms with van der Waals surface area (Å²) < 4.78 is 3.65. The molecule has 5 aromatic rings. The maximum absolute atomic E-state index is 13.2. The van der Waals surface area contributed by atoms with Gasteiger partial charge in [0, 0.05) is 6.54 Å². The molecule has 0 saturated carbocycles. The molecule has 2 aromatic carbocycles. The minimum atomic E-state index is -0.186. The molecule has 0 radical (unpaired) electrons. The van der Waals surface area contributed by atoms with Crippen LogP contribution < -0.4 is 11.1 Å². The standard InChI is InChI=1S/C24H24N6O2S/c1-3-4-9-14-29-22(32)17-11-6-8-13-19(17)30-23(29)27-28-24(30)33-15(2)20-25-18-12-7-5-10-16(18)21(31)26-20/h5-8,10-13,15H,3-4,9,14H2,1-2H3,(H,25,26,31). The molecule has 3 heterocycles. The summed E-state index contributed by atoms with van der Waals surface area (Å²) in [5.74, 6) is 1.10. The molecule has 0 aliphatic heterocycles. The topological polar surface area (TPSA) is 97.9 Å². The number of fused-ring (bicyclic) bond motifs is 4. The highest BCUT2D eigenvalue weighted by Gasteiger charge is 2.20. The molecule has 168 valence electrons. The Balaban J connectivity index is 1.60. The third kappa shape index (κ3) is 3.82. The van der Waals surface area contributed by atoms with Crippen molar-refractivity contribution >= 4 is 39.3 Å². The maximum atomic E-state index is 13.2. The van der Waals surface area contributed by atoms with E-state index >= 15 is 0 Å². The normalized spacial score (nSPS) is 12.7. The molecule has 0 fully saturated rings. The molecule has 0 aliphatic rings. The van der Waals surface area contributed by atoms with Crippen molar-refractivity contribution in [2.45, 2.75) is 50.1 Å². The molecule has 1 atom stereocenters. The number of rotatable bonds is 7. The first kappa shape index (κ1) is 21.4. The van der Waals surface area contributed by atoms with E-state index in [0.29, 0.717) is 39.6 Å². The quantitative estimate of drug-likeness (QED) is 0.287. The Bertz CT molecular complexity index is 1590. The van der Waals surface area contributed by atoms with E-state index in [2.05, 4.69) is 27.1 Å². The second-order valence-corrected chi connectivity index (χ2v) is 9.34. The van der Waals surface area contributed by atoms with Crippen molar-refractivity contribution in [3.8, 4) is 0 Å². The number of aromatic amines is 1. The third-order valence-corrected chi connectivity index (χ3v) is 6.81. The predicted molar refractivity (Wildman–Crippen MR) is 131 cm³/mol. The van der Waals surface area contributed by atoms with Crippen LogP contribution in [0.25, 0.3) is 27.6 Å². The van der Waals surface area contributed by atoms with Crippen LogP contribution in [0.1, 0.15) is 44.2 Å². The number of aromatic nitrogens is 6. The van der Waals surface area contributed by atoms with Gasteiger partial charge in [-0.1, -0.05) is 55.8 Å². The van der Waals surface area contributed by atoms with Crippen molar-refractivity contribution in [3.05, 3.63) is 75.1 Å². The average Bonchev–Trinajstić information content (AvgIpc) is 3.24. The van der Waals surface area contributed by atoms with E-state index in [1.807, 2.05) is 53.8 Å². The van der Waals surface area contributed by atoms with Gasteiger partial charge in [0.15, 0.2) is 5.16 Å². The summed E-state index contributed by atoms with van der Waals surface area (Å²) >= 11 is 1.45. The first-order chi connectivity index (χ1) is 16.1.